The van der Waals surface area contributed by atoms with E-state index < -0.39 is 0 Å². The van der Waals surface area contributed by atoms with Crippen LogP contribution in [0.25, 0.3) is 11.1 Å². The van der Waals surface area contributed by atoms with Crippen LogP contribution < -0.4 is 10.6 Å². The lowest BCUT2D eigenvalue weighted by Gasteiger charge is -2.14. The standard InChI is InChI=1S/C30H35N3O2/c1-22(2)29(34)32-28-7-5-6-27(20-28)25-12-14-26(15-13-25)30(35)31-17-16-23-8-10-24(11-9-23)21-33-18-3-4-19-33/h5-15,20,22H,3-4,16-19,21H2,1-2H3,(H,31,35)(H,32,34). The Hall–Kier alpha value is -3.44. The molecule has 5 heteroatoms. The predicted molar refractivity (Wildman–Crippen MR) is 142 cm³/mol. The minimum absolute atomic E-state index is 0.00723. The number of rotatable bonds is 9. The number of amides is 2. The molecule has 0 radical (unpaired) electrons. The third-order valence-corrected chi connectivity index (χ3v) is 6.46. The van der Waals surface area contributed by atoms with Crippen molar-refractivity contribution in [3.63, 3.8) is 0 Å². The first-order valence-corrected chi connectivity index (χ1v) is 12.6. The second kappa shape index (κ2) is 11.8. The summed E-state index contributed by atoms with van der Waals surface area (Å²) in [5, 5.41) is 5.96. The van der Waals surface area contributed by atoms with Crippen LogP contribution in [0, 0.1) is 5.92 Å². The number of carbonyl (C=O) groups excluding carboxylic acids is 2. The van der Waals surface area contributed by atoms with E-state index in [9.17, 15) is 9.59 Å². The van der Waals surface area contributed by atoms with Gasteiger partial charge < -0.3 is 10.6 Å². The Morgan fingerprint density at radius 2 is 1.54 bits per heavy atom. The van der Waals surface area contributed by atoms with Crippen LogP contribution >= 0.6 is 0 Å². The fourth-order valence-electron chi connectivity index (χ4n) is 4.31. The lowest BCUT2D eigenvalue weighted by Crippen LogP contribution is -2.25. The fraction of sp³-hybridized carbons (Fsp3) is 0.333. The first-order valence-electron chi connectivity index (χ1n) is 12.6. The van der Waals surface area contributed by atoms with Crippen LogP contribution in [-0.2, 0) is 17.8 Å². The van der Waals surface area contributed by atoms with Gasteiger partial charge in [0.1, 0.15) is 0 Å². The predicted octanol–water partition coefficient (Wildman–Crippen LogP) is 5.52. The van der Waals surface area contributed by atoms with Crippen molar-refractivity contribution in [2.75, 3.05) is 25.0 Å². The number of carbonyl (C=O) groups is 2. The molecular weight excluding hydrogens is 434 g/mol. The van der Waals surface area contributed by atoms with Crippen molar-refractivity contribution >= 4 is 17.5 Å². The van der Waals surface area contributed by atoms with Gasteiger partial charge in [0.15, 0.2) is 0 Å². The molecule has 1 aliphatic heterocycles. The van der Waals surface area contributed by atoms with Crippen molar-refractivity contribution in [3.05, 3.63) is 89.5 Å². The Morgan fingerprint density at radius 1 is 0.857 bits per heavy atom. The zero-order chi connectivity index (χ0) is 24.6. The minimum Gasteiger partial charge on any atom is -0.352 e. The van der Waals surface area contributed by atoms with Gasteiger partial charge in [0.25, 0.3) is 5.91 Å². The lowest BCUT2D eigenvalue weighted by molar-refractivity contribution is -0.118. The quantitative estimate of drug-likeness (QED) is 0.434. The molecule has 3 aromatic carbocycles. The molecule has 1 fully saturated rings. The maximum absolute atomic E-state index is 12.6. The van der Waals surface area contributed by atoms with Crippen LogP contribution in [0.1, 0.15) is 48.2 Å². The summed E-state index contributed by atoms with van der Waals surface area (Å²) >= 11 is 0. The van der Waals surface area contributed by atoms with Gasteiger partial charge in [-0.2, -0.15) is 0 Å². The summed E-state index contributed by atoms with van der Waals surface area (Å²) in [5.74, 6) is -0.150. The van der Waals surface area contributed by atoms with Gasteiger partial charge in [-0.15, -0.1) is 0 Å². The SMILES string of the molecule is CC(C)C(=O)Nc1cccc(-c2ccc(C(=O)NCCc3ccc(CN4CCCC4)cc3)cc2)c1. The Bertz CT molecular complexity index is 1130. The number of anilines is 1. The van der Waals surface area contributed by atoms with Gasteiger partial charge in [0.05, 0.1) is 0 Å². The molecule has 182 valence electrons. The van der Waals surface area contributed by atoms with Gasteiger partial charge in [0.2, 0.25) is 5.91 Å². The van der Waals surface area contributed by atoms with E-state index in [0.717, 1.165) is 29.8 Å². The molecule has 5 nitrogen and oxygen atoms in total. The molecule has 2 N–H and O–H groups in total. The molecule has 0 atom stereocenters. The number of nitrogens with one attached hydrogen (secondary N) is 2. The van der Waals surface area contributed by atoms with Gasteiger partial charge in [-0.05, 0) is 78.9 Å². The monoisotopic (exact) mass is 469 g/mol. The van der Waals surface area contributed by atoms with Crippen LogP contribution in [0.15, 0.2) is 72.8 Å². The second-order valence-corrected chi connectivity index (χ2v) is 9.61. The van der Waals surface area contributed by atoms with Crippen LogP contribution in [0.2, 0.25) is 0 Å². The number of hydrogen-bond donors (Lipinski definition) is 2. The number of likely N-dealkylation sites (tertiary alicyclic amines) is 1. The number of hydrogen-bond acceptors (Lipinski definition) is 3. The van der Waals surface area contributed by atoms with Crippen LogP contribution in [0.4, 0.5) is 5.69 Å². The van der Waals surface area contributed by atoms with E-state index in [2.05, 4.69) is 39.8 Å². The summed E-state index contributed by atoms with van der Waals surface area (Å²) in [4.78, 5) is 27.1. The van der Waals surface area contributed by atoms with E-state index in [-0.39, 0.29) is 17.7 Å². The van der Waals surface area contributed by atoms with E-state index in [0.29, 0.717) is 12.1 Å². The summed E-state index contributed by atoms with van der Waals surface area (Å²) in [6.07, 6.45) is 3.43. The Morgan fingerprint density at radius 3 is 2.23 bits per heavy atom. The molecule has 0 spiro atoms. The summed E-state index contributed by atoms with van der Waals surface area (Å²) in [6, 6.07) is 24.1. The molecular formula is C30H35N3O2. The van der Waals surface area contributed by atoms with Gasteiger partial charge in [-0.1, -0.05) is 62.4 Å². The van der Waals surface area contributed by atoms with Gasteiger partial charge in [-0.3, -0.25) is 14.5 Å². The van der Waals surface area contributed by atoms with Crippen LogP contribution in [0.3, 0.4) is 0 Å². The highest BCUT2D eigenvalue weighted by molar-refractivity contribution is 5.95. The molecule has 0 saturated carbocycles. The molecule has 35 heavy (non-hydrogen) atoms. The number of benzene rings is 3. The molecule has 0 aliphatic carbocycles. The van der Waals surface area contributed by atoms with Crippen molar-refractivity contribution in [1.29, 1.82) is 0 Å². The van der Waals surface area contributed by atoms with E-state index >= 15 is 0 Å². The highest BCUT2D eigenvalue weighted by Crippen LogP contribution is 2.23. The highest BCUT2D eigenvalue weighted by atomic mass is 16.2. The maximum Gasteiger partial charge on any atom is 0.251 e. The summed E-state index contributed by atoms with van der Waals surface area (Å²) < 4.78 is 0. The van der Waals surface area contributed by atoms with Crippen molar-refractivity contribution in [3.8, 4) is 11.1 Å². The average Bonchev–Trinajstić information content (AvgIpc) is 3.38. The maximum atomic E-state index is 12.6. The molecule has 3 aromatic rings. The van der Waals surface area contributed by atoms with Crippen LogP contribution in [-0.4, -0.2) is 36.3 Å². The molecule has 0 bridgehead atoms. The Balaban J connectivity index is 1.27. The molecule has 0 unspecified atom stereocenters. The fourth-order valence-corrected chi connectivity index (χ4v) is 4.31. The topological polar surface area (TPSA) is 61.4 Å². The Labute approximate surface area is 208 Å². The molecule has 1 saturated heterocycles. The van der Waals surface area contributed by atoms with E-state index in [1.165, 1.54) is 37.1 Å². The molecule has 1 aliphatic rings. The van der Waals surface area contributed by atoms with E-state index in [1.54, 1.807) is 0 Å². The summed E-state index contributed by atoms with van der Waals surface area (Å²) in [5.41, 5.74) is 5.98. The van der Waals surface area contributed by atoms with E-state index in [1.807, 2.05) is 62.4 Å². The second-order valence-electron chi connectivity index (χ2n) is 9.61. The van der Waals surface area contributed by atoms with Crippen molar-refractivity contribution in [2.24, 2.45) is 5.92 Å². The highest BCUT2D eigenvalue weighted by Gasteiger charge is 2.12. The third-order valence-electron chi connectivity index (χ3n) is 6.46. The van der Waals surface area contributed by atoms with Crippen LogP contribution in [0.5, 0.6) is 0 Å². The van der Waals surface area contributed by atoms with Gasteiger partial charge in [-0.25, -0.2) is 0 Å². The molecule has 0 aromatic heterocycles. The average molecular weight is 470 g/mol. The normalized spacial score (nSPS) is 13.7. The van der Waals surface area contributed by atoms with Crippen molar-refractivity contribution in [2.45, 2.75) is 39.7 Å². The zero-order valence-electron chi connectivity index (χ0n) is 20.7. The molecule has 4 rings (SSSR count). The lowest BCUT2D eigenvalue weighted by atomic mass is 10.0. The molecule has 2 amide bonds. The molecule has 1 heterocycles. The largest absolute Gasteiger partial charge is 0.352 e. The van der Waals surface area contributed by atoms with Gasteiger partial charge >= 0.3 is 0 Å². The third kappa shape index (κ3) is 7.03. The van der Waals surface area contributed by atoms with Crippen molar-refractivity contribution < 1.29 is 9.59 Å². The zero-order valence-corrected chi connectivity index (χ0v) is 20.7. The first-order chi connectivity index (χ1) is 17.0. The number of nitrogens with zero attached hydrogens (tertiary/aromatic N) is 1. The smallest absolute Gasteiger partial charge is 0.251 e. The summed E-state index contributed by atoms with van der Waals surface area (Å²) in [6.45, 7) is 7.78. The first kappa shape index (κ1) is 24.7. The van der Waals surface area contributed by atoms with E-state index in [4.69, 9.17) is 0 Å². The summed E-state index contributed by atoms with van der Waals surface area (Å²) in [7, 11) is 0. The minimum atomic E-state index is -0.0735. The van der Waals surface area contributed by atoms with Gasteiger partial charge in [0, 0.05) is 30.3 Å². The Kier molecular flexibility index (Phi) is 8.32. The van der Waals surface area contributed by atoms with Crippen molar-refractivity contribution in [1.82, 2.24) is 10.2 Å².